The predicted octanol–water partition coefficient (Wildman–Crippen LogP) is 0.366. The Balaban J connectivity index is 2.84. The van der Waals surface area contributed by atoms with Crippen LogP contribution in [0.5, 0.6) is 0 Å². The van der Waals surface area contributed by atoms with Crippen molar-refractivity contribution in [1.82, 2.24) is 18.9 Å². The summed E-state index contributed by atoms with van der Waals surface area (Å²) in [6.07, 6.45) is 1.65. The zero-order valence-corrected chi connectivity index (χ0v) is 4.64. The number of H-pyrrole nitrogens is 1. The molecule has 0 amide bonds. The molecule has 0 aromatic carbocycles. The molecule has 8 heavy (non-hydrogen) atoms. The smallest absolute Gasteiger partial charge is 0.213 e. The quantitative estimate of drug-likeness (QED) is 0.554. The molecule has 0 radical (unpaired) electrons. The van der Waals surface area contributed by atoms with Gasteiger partial charge in [0.2, 0.25) is 5.82 Å². The van der Waals surface area contributed by atoms with Gasteiger partial charge in [-0.2, -0.15) is 9.47 Å². The van der Waals surface area contributed by atoms with Crippen LogP contribution >= 0.6 is 11.7 Å². The summed E-state index contributed by atoms with van der Waals surface area (Å²) in [6, 6.07) is 0. The van der Waals surface area contributed by atoms with Crippen LogP contribution in [0, 0.1) is 0 Å². The van der Waals surface area contributed by atoms with Crippen molar-refractivity contribution in [3.8, 4) is 11.5 Å². The van der Waals surface area contributed by atoms with E-state index in [1.54, 1.807) is 6.20 Å². The normalized spacial score (nSPS) is 10.5. The highest BCUT2D eigenvalue weighted by Gasteiger charge is 2.05. The minimum atomic E-state index is 0.704. The van der Waals surface area contributed by atoms with Gasteiger partial charge in [-0.15, -0.1) is 5.10 Å². The molecular weight excluding hydrogens is 124 g/mol. The van der Waals surface area contributed by atoms with Crippen LogP contribution in [0.1, 0.15) is 0 Å². The van der Waals surface area contributed by atoms with Crippen molar-refractivity contribution in [2.45, 2.75) is 0 Å². The fourth-order valence-electron chi connectivity index (χ4n) is 0.508. The molecule has 0 spiro atoms. The summed E-state index contributed by atoms with van der Waals surface area (Å²) in [4.78, 5) is 0. The molecule has 2 aliphatic rings. The van der Waals surface area contributed by atoms with Gasteiger partial charge in [0.1, 0.15) is 5.69 Å². The first kappa shape index (κ1) is 3.96. The molecule has 0 aromatic heterocycles. The average molecular weight is 126 g/mol. The van der Waals surface area contributed by atoms with E-state index in [1.807, 2.05) is 0 Å². The van der Waals surface area contributed by atoms with E-state index in [0.717, 1.165) is 5.69 Å². The van der Waals surface area contributed by atoms with E-state index >= 15 is 0 Å². The molecule has 0 atom stereocenters. The molecular formula is C3H2N4S. The molecule has 2 heterocycles. The van der Waals surface area contributed by atoms with Crippen LogP contribution in [0.2, 0.25) is 0 Å². The number of fused-ring (bicyclic) bond motifs is 1. The molecule has 0 fully saturated rings. The van der Waals surface area contributed by atoms with Crippen molar-refractivity contribution in [2.75, 3.05) is 0 Å². The van der Waals surface area contributed by atoms with Gasteiger partial charge in [0, 0.05) is 11.7 Å². The second-order valence-corrected chi connectivity index (χ2v) is 1.94. The number of nitrogens with one attached hydrogen (secondary N) is 1. The second kappa shape index (κ2) is 1.25. The zero-order chi connectivity index (χ0) is 5.40. The van der Waals surface area contributed by atoms with Gasteiger partial charge in [-0.1, -0.05) is 0 Å². The topological polar surface area (TPSA) is 54.5 Å². The Morgan fingerprint density at radius 3 is 3.50 bits per heavy atom. The van der Waals surface area contributed by atoms with E-state index in [1.165, 1.54) is 11.7 Å². The first-order valence-electron chi connectivity index (χ1n) is 2.08. The number of hydrogen-bond donors (Lipinski definition) is 1. The predicted molar refractivity (Wildman–Crippen MR) is 28.7 cm³/mol. The molecule has 2 aliphatic heterocycles. The summed E-state index contributed by atoms with van der Waals surface area (Å²) in [5.41, 5.74) is 0.912. The Bertz CT molecular complexity index is 203. The van der Waals surface area contributed by atoms with Crippen molar-refractivity contribution in [3.05, 3.63) is 6.20 Å². The van der Waals surface area contributed by atoms with E-state index < -0.39 is 0 Å². The minimum absolute atomic E-state index is 0.704. The summed E-state index contributed by atoms with van der Waals surface area (Å²) >= 11 is 1.28. The highest BCUT2D eigenvalue weighted by molar-refractivity contribution is 6.99. The molecule has 2 rings (SSSR count). The van der Waals surface area contributed by atoms with E-state index in [-0.39, 0.29) is 0 Å². The number of aromatic nitrogens is 4. The highest BCUT2D eigenvalue weighted by atomic mass is 32.1. The number of rotatable bonds is 0. The van der Waals surface area contributed by atoms with Gasteiger partial charge in [0.15, 0.2) is 0 Å². The Morgan fingerprint density at radius 2 is 2.62 bits per heavy atom. The van der Waals surface area contributed by atoms with Crippen LogP contribution in [-0.4, -0.2) is 18.9 Å². The fourth-order valence-corrected chi connectivity index (χ4v) is 1.02. The van der Waals surface area contributed by atoms with Crippen LogP contribution < -0.4 is 0 Å². The monoisotopic (exact) mass is 126 g/mol. The minimum Gasteiger partial charge on any atom is -0.290 e. The SMILES string of the molecule is c1nnc2ns[nH]c1-2. The van der Waals surface area contributed by atoms with Gasteiger partial charge in [0.05, 0.1) is 6.20 Å². The van der Waals surface area contributed by atoms with Gasteiger partial charge in [-0.05, 0) is 0 Å². The lowest BCUT2D eigenvalue weighted by Crippen LogP contribution is -1.69. The zero-order valence-electron chi connectivity index (χ0n) is 3.83. The van der Waals surface area contributed by atoms with Gasteiger partial charge < -0.3 is 0 Å². The number of hydrogen-bond acceptors (Lipinski definition) is 4. The summed E-state index contributed by atoms with van der Waals surface area (Å²) in [7, 11) is 0. The Morgan fingerprint density at radius 1 is 1.62 bits per heavy atom. The van der Waals surface area contributed by atoms with E-state index in [4.69, 9.17) is 0 Å². The summed E-state index contributed by atoms with van der Waals surface area (Å²) in [5.74, 6) is 0.704. The lowest BCUT2D eigenvalue weighted by molar-refractivity contribution is 1.08. The van der Waals surface area contributed by atoms with E-state index in [9.17, 15) is 0 Å². The molecule has 0 unspecified atom stereocenters. The number of nitrogens with zero attached hydrogens (tertiary/aromatic N) is 3. The molecule has 0 bridgehead atoms. The Labute approximate surface area is 49.2 Å². The van der Waals surface area contributed by atoms with Crippen molar-refractivity contribution in [2.24, 2.45) is 0 Å². The first-order valence-corrected chi connectivity index (χ1v) is 2.85. The highest BCUT2D eigenvalue weighted by Crippen LogP contribution is 2.12. The summed E-state index contributed by atoms with van der Waals surface area (Å²) < 4.78 is 6.80. The Kier molecular flexibility index (Phi) is 0.621. The lowest BCUT2D eigenvalue weighted by atomic mass is 10.5. The maximum atomic E-state index is 3.89. The maximum absolute atomic E-state index is 3.89. The third-order valence-corrected chi connectivity index (χ3v) is 1.44. The van der Waals surface area contributed by atoms with E-state index in [2.05, 4.69) is 18.9 Å². The van der Waals surface area contributed by atoms with Crippen molar-refractivity contribution >= 4 is 11.7 Å². The van der Waals surface area contributed by atoms with Crippen molar-refractivity contribution in [3.63, 3.8) is 0 Å². The molecule has 0 aromatic rings. The van der Waals surface area contributed by atoms with E-state index in [0.29, 0.717) is 5.82 Å². The van der Waals surface area contributed by atoms with Crippen LogP contribution in [0.4, 0.5) is 0 Å². The third kappa shape index (κ3) is 0.362. The average Bonchev–Trinajstić information content (AvgIpc) is 2.15. The van der Waals surface area contributed by atoms with Crippen LogP contribution in [0.3, 0.4) is 0 Å². The first-order chi connectivity index (χ1) is 3.97. The molecule has 0 aliphatic carbocycles. The second-order valence-electron chi connectivity index (χ2n) is 1.37. The molecule has 40 valence electrons. The van der Waals surface area contributed by atoms with Crippen molar-refractivity contribution < 1.29 is 0 Å². The lowest BCUT2D eigenvalue weighted by Gasteiger charge is -1.69. The Hall–Kier alpha value is -0.970. The van der Waals surface area contributed by atoms with Crippen LogP contribution in [-0.2, 0) is 0 Å². The number of aromatic amines is 1. The molecule has 1 N–H and O–H groups in total. The fraction of sp³-hybridized carbons (Fsp3) is 0. The summed E-state index contributed by atoms with van der Waals surface area (Å²) in [6.45, 7) is 0. The molecule has 4 nitrogen and oxygen atoms in total. The largest absolute Gasteiger partial charge is 0.290 e. The van der Waals surface area contributed by atoms with Crippen LogP contribution in [0.25, 0.3) is 11.5 Å². The standard InChI is InChI=1S/C3H2N4S/c1-2-3(5-4-1)7-8-6-2/h1,6H. The van der Waals surface area contributed by atoms with Crippen molar-refractivity contribution in [1.29, 1.82) is 0 Å². The maximum Gasteiger partial charge on any atom is 0.213 e. The van der Waals surface area contributed by atoms with Gasteiger partial charge in [-0.25, -0.2) is 0 Å². The summed E-state index contributed by atoms with van der Waals surface area (Å²) in [5, 5.41) is 7.32. The van der Waals surface area contributed by atoms with Gasteiger partial charge in [0.25, 0.3) is 0 Å². The molecule has 0 saturated heterocycles. The van der Waals surface area contributed by atoms with Crippen LogP contribution in [0.15, 0.2) is 6.20 Å². The molecule has 5 heteroatoms. The molecule has 0 saturated carbocycles. The van der Waals surface area contributed by atoms with Gasteiger partial charge in [-0.3, -0.25) is 4.37 Å². The van der Waals surface area contributed by atoms with Gasteiger partial charge >= 0.3 is 0 Å². The third-order valence-electron chi connectivity index (χ3n) is 0.868.